The van der Waals surface area contributed by atoms with Gasteiger partial charge in [-0.2, -0.15) is 0 Å². The normalized spacial score (nSPS) is 28.3. The number of nitrogens with zero attached hydrogens (tertiary/aromatic N) is 1. The number of hydrogen-bond donors (Lipinski definition) is 4. The van der Waals surface area contributed by atoms with Crippen molar-refractivity contribution in [2.24, 2.45) is 0 Å². The largest absolute Gasteiger partial charge is 0.510 e. The molecular weight excluding hydrogens is 570 g/mol. The average Bonchev–Trinajstić information content (AvgIpc) is 3.04. The summed E-state index contributed by atoms with van der Waals surface area (Å²) in [5, 5.41) is 33.5. The number of alkyl halides is 1. The van der Waals surface area contributed by atoms with Crippen molar-refractivity contribution >= 4 is 26.0 Å². The van der Waals surface area contributed by atoms with Crippen molar-refractivity contribution in [2.45, 2.75) is 70.0 Å². The number of halogens is 1. The first kappa shape index (κ1) is 33.2. The molecule has 2 aliphatic rings. The Balaban J connectivity index is 2.17. The van der Waals surface area contributed by atoms with Gasteiger partial charge in [-0.15, -0.1) is 6.42 Å². The lowest BCUT2D eigenvalue weighted by atomic mass is 9.93. The van der Waals surface area contributed by atoms with Crippen LogP contribution in [-0.2, 0) is 46.6 Å². The minimum Gasteiger partial charge on any atom is -0.432 e. The van der Waals surface area contributed by atoms with E-state index in [0.29, 0.717) is 4.90 Å². The Bertz CT molecular complexity index is 1020. The van der Waals surface area contributed by atoms with Gasteiger partial charge in [0.2, 0.25) is 31.4 Å². The van der Waals surface area contributed by atoms with Gasteiger partial charge >= 0.3 is 20.1 Å². The van der Waals surface area contributed by atoms with Crippen molar-refractivity contribution in [3.8, 4) is 12.3 Å². The lowest BCUT2D eigenvalue weighted by Gasteiger charge is -2.38. The maximum absolute atomic E-state index is 15.8. The number of nitrogens with one attached hydrogen (secondary N) is 1. The third-order valence-electron chi connectivity index (χ3n) is 4.82. The molecule has 226 valence electrons. The van der Waals surface area contributed by atoms with E-state index in [1.165, 1.54) is 27.7 Å². The van der Waals surface area contributed by atoms with Crippen LogP contribution in [-0.4, -0.2) is 101 Å². The van der Waals surface area contributed by atoms with E-state index in [2.05, 4.69) is 9.47 Å². The molecular formula is C21H30FN2O15P. The first-order valence-corrected chi connectivity index (χ1v) is 12.9. The van der Waals surface area contributed by atoms with Gasteiger partial charge in [0.15, 0.2) is 12.3 Å². The molecule has 4 N–H and O–H groups in total. The molecule has 5 atom stereocenters. The van der Waals surface area contributed by atoms with Crippen molar-refractivity contribution in [1.82, 2.24) is 10.2 Å². The van der Waals surface area contributed by atoms with Crippen molar-refractivity contribution in [1.29, 1.82) is 0 Å². The van der Waals surface area contributed by atoms with E-state index in [4.69, 9.17) is 34.2 Å². The van der Waals surface area contributed by atoms with Crippen LogP contribution in [0.2, 0.25) is 0 Å². The number of carbonyl (C=O) groups is 3. The summed E-state index contributed by atoms with van der Waals surface area (Å²) in [5.41, 5.74) is -2.86. The van der Waals surface area contributed by atoms with Gasteiger partial charge in [0, 0.05) is 12.3 Å². The van der Waals surface area contributed by atoms with E-state index in [1.807, 2.05) is 5.32 Å². The Morgan fingerprint density at radius 3 is 2.12 bits per heavy atom. The van der Waals surface area contributed by atoms with Gasteiger partial charge in [-0.05, 0) is 27.7 Å². The number of phosphoric acid groups is 1. The third-order valence-corrected chi connectivity index (χ3v) is 6.11. The van der Waals surface area contributed by atoms with Crippen LogP contribution in [0, 0.1) is 12.3 Å². The second kappa shape index (κ2) is 13.6. The van der Waals surface area contributed by atoms with Crippen LogP contribution in [0.25, 0.3) is 0 Å². The number of amides is 1. The van der Waals surface area contributed by atoms with Gasteiger partial charge in [-0.1, -0.05) is 5.92 Å². The van der Waals surface area contributed by atoms with E-state index >= 15 is 4.39 Å². The summed E-state index contributed by atoms with van der Waals surface area (Å²) in [4.78, 5) is 35.2. The number of aliphatic hydroxyl groups excluding tert-OH is 2. The molecule has 2 aliphatic heterocycles. The molecule has 0 aromatic carbocycles. The molecule has 2 heterocycles. The smallest absolute Gasteiger partial charge is 0.432 e. The summed E-state index contributed by atoms with van der Waals surface area (Å²) in [5.74, 6) is -2.43. The quantitative estimate of drug-likeness (QED) is 0.101. The fourth-order valence-corrected chi connectivity index (χ4v) is 3.98. The maximum Gasteiger partial charge on any atom is 0.510 e. The summed E-state index contributed by atoms with van der Waals surface area (Å²) in [6, 6.07) is 0. The minimum absolute atomic E-state index is 0.580. The number of ether oxygens (including phenoxy) is 5. The molecule has 0 spiro atoms. The van der Waals surface area contributed by atoms with Crippen molar-refractivity contribution in [3.63, 3.8) is 0 Å². The zero-order valence-corrected chi connectivity index (χ0v) is 22.6. The average molecular weight is 600 g/mol. The third kappa shape index (κ3) is 8.49. The van der Waals surface area contributed by atoms with Crippen LogP contribution < -0.4 is 5.32 Å². The molecule has 0 saturated carbocycles. The van der Waals surface area contributed by atoms with Crippen LogP contribution >= 0.6 is 7.82 Å². The van der Waals surface area contributed by atoms with E-state index < -0.39 is 88.6 Å². The van der Waals surface area contributed by atoms with Gasteiger partial charge in [0.05, 0.1) is 12.2 Å². The first-order chi connectivity index (χ1) is 18.5. The number of aliphatic hydroxyl groups is 3. The molecule has 0 aromatic rings. The molecule has 0 aromatic heterocycles. The highest BCUT2D eigenvalue weighted by molar-refractivity contribution is 7.48. The monoisotopic (exact) mass is 600 g/mol. The number of terminal acetylenes is 1. The summed E-state index contributed by atoms with van der Waals surface area (Å²) in [6.07, 6.45) is -3.02. The number of hydrogen-bond acceptors (Lipinski definition) is 16. The molecule has 19 heteroatoms. The highest BCUT2D eigenvalue weighted by atomic mass is 31.2. The van der Waals surface area contributed by atoms with E-state index in [0.717, 1.165) is 12.3 Å². The lowest BCUT2D eigenvalue weighted by molar-refractivity contribution is -0.226. The summed E-state index contributed by atoms with van der Waals surface area (Å²) in [6.45, 7) is 2.29. The minimum atomic E-state index is -5.01. The van der Waals surface area contributed by atoms with Gasteiger partial charge < -0.3 is 49.2 Å². The molecule has 17 nitrogen and oxygen atoms in total. The zero-order chi connectivity index (χ0) is 30.3. The first-order valence-electron chi connectivity index (χ1n) is 11.4. The van der Waals surface area contributed by atoms with Crippen LogP contribution in [0.3, 0.4) is 0 Å². The van der Waals surface area contributed by atoms with Crippen molar-refractivity contribution in [3.05, 3.63) is 12.3 Å². The molecule has 0 radical (unpaired) electrons. The van der Waals surface area contributed by atoms with Crippen LogP contribution in [0.1, 0.15) is 27.7 Å². The Labute approximate surface area is 227 Å². The predicted octanol–water partition coefficient (Wildman–Crippen LogP) is 0.151. The van der Waals surface area contributed by atoms with E-state index in [-0.39, 0.29) is 0 Å². The predicted molar refractivity (Wildman–Crippen MR) is 124 cm³/mol. The Kier molecular flexibility index (Phi) is 11.3. The topological polar surface area (TPSA) is 218 Å². The fraction of sp³-hybridized carbons (Fsp3) is 0.667. The lowest BCUT2D eigenvalue weighted by Crippen LogP contribution is -2.60. The molecule has 1 unspecified atom stereocenters. The summed E-state index contributed by atoms with van der Waals surface area (Å²) >= 11 is 0. The van der Waals surface area contributed by atoms with Crippen molar-refractivity contribution < 1.29 is 75.9 Å². The second-order valence-electron chi connectivity index (χ2n) is 8.61. The van der Waals surface area contributed by atoms with Crippen LogP contribution in [0.15, 0.2) is 12.3 Å². The Morgan fingerprint density at radius 2 is 1.68 bits per heavy atom. The van der Waals surface area contributed by atoms with Crippen LogP contribution in [0.5, 0.6) is 0 Å². The number of carbonyl (C=O) groups excluding carboxylic acids is 3. The Morgan fingerprint density at radius 1 is 1.15 bits per heavy atom. The van der Waals surface area contributed by atoms with E-state index in [1.54, 1.807) is 5.92 Å². The molecule has 40 heavy (non-hydrogen) atoms. The van der Waals surface area contributed by atoms with Gasteiger partial charge in [-0.3, -0.25) is 9.32 Å². The molecule has 2 rings (SSSR count). The summed E-state index contributed by atoms with van der Waals surface area (Å²) in [7, 11) is -5.01. The van der Waals surface area contributed by atoms with Gasteiger partial charge in [0.1, 0.15) is 6.61 Å². The van der Waals surface area contributed by atoms with Crippen molar-refractivity contribution in [2.75, 3.05) is 20.2 Å². The maximum atomic E-state index is 15.8. The number of rotatable bonds is 12. The highest BCUT2D eigenvalue weighted by Crippen LogP contribution is 2.52. The molecule has 1 saturated heterocycles. The Hall–Kier alpha value is -3.01. The molecule has 0 aliphatic carbocycles. The standard InChI is InChI=1S/C21H30FN2O15P/c1-6-20(30)15(26)21(22,39-16(20)24-8-7-14(25)23-17(24)27)9-34-40(31,35-10-32-18(28)37-12(2)3)36-11-33-19(29)38-13(4)5/h1,7-8,12-13,15-17,26-27,30H,9-11H2,2-5H3,(H,23,25)/t15-,16+,17?,20+,21+/m0/s1. The van der Waals surface area contributed by atoms with Crippen LogP contribution in [0.4, 0.5) is 14.0 Å². The van der Waals surface area contributed by atoms with Gasteiger partial charge in [0.25, 0.3) is 5.85 Å². The number of phosphoric ester groups is 1. The fourth-order valence-electron chi connectivity index (χ4n) is 3.06. The molecule has 1 fully saturated rings. The zero-order valence-electron chi connectivity index (χ0n) is 21.8. The second-order valence-corrected chi connectivity index (χ2v) is 10.3. The van der Waals surface area contributed by atoms with Gasteiger partial charge in [-0.25, -0.2) is 27.6 Å². The SMILES string of the molecule is C#C[C@]1(O)[C@H](N2C=CC(=O)NC2O)O[C@](F)(COP(=O)(OCOC(=O)OC(C)C)OCOC(=O)OC(C)C)[C@H]1O. The summed E-state index contributed by atoms with van der Waals surface area (Å²) < 4.78 is 66.8. The molecule has 1 amide bonds. The highest BCUT2D eigenvalue weighted by Gasteiger charge is 2.67. The van der Waals surface area contributed by atoms with E-state index in [9.17, 15) is 34.3 Å². The molecule has 0 bridgehead atoms.